The summed E-state index contributed by atoms with van der Waals surface area (Å²) in [6.45, 7) is 0. The largest absolute Gasteiger partial charge is 0.496 e. The Balaban J connectivity index is 4.03. The van der Waals surface area contributed by atoms with E-state index >= 15 is 0 Å². The van der Waals surface area contributed by atoms with Crippen molar-refractivity contribution in [3.63, 3.8) is 0 Å². The predicted molar refractivity (Wildman–Crippen MR) is 99.2 cm³/mol. The molecule has 0 aromatic heterocycles. The topological polar surface area (TPSA) is 150 Å². The van der Waals surface area contributed by atoms with Crippen molar-refractivity contribution in [2.24, 2.45) is 5.92 Å². The minimum Gasteiger partial charge on any atom is -0.496 e. The van der Waals surface area contributed by atoms with Crippen molar-refractivity contribution in [1.29, 1.82) is 0 Å². The number of hydrogen-bond donors (Lipinski definition) is 0. The van der Waals surface area contributed by atoms with E-state index in [0.717, 1.165) is 21.3 Å². The summed E-state index contributed by atoms with van der Waals surface area (Å²) >= 11 is 0. The number of ether oxygens (including phenoxy) is 6. The monoisotopic (exact) mass is 429 g/mol. The molecule has 12 heteroatoms. The van der Waals surface area contributed by atoms with Gasteiger partial charge in [-0.1, -0.05) is 0 Å². The van der Waals surface area contributed by atoms with Crippen LogP contribution in [0.2, 0.25) is 0 Å². The van der Waals surface area contributed by atoms with Crippen molar-refractivity contribution in [3.8, 4) is 17.2 Å². The van der Waals surface area contributed by atoms with Crippen LogP contribution in [-0.2, 0) is 28.6 Å². The first kappa shape index (κ1) is 24.5. The Morgan fingerprint density at radius 2 is 1.23 bits per heavy atom. The summed E-state index contributed by atoms with van der Waals surface area (Å²) in [4.78, 5) is 48.2. The molecule has 0 amide bonds. The minimum atomic E-state index is -2.20. The number of hydrogen-bond acceptors (Lipinski definition) is 11. The summed E-state index contributed by atoms with van der Waals surface area (Å²) in [5, 5.41) is 11.9. The summed E-state index contributed by atoms with van der Waals surface area (Å²) in [7, 11) is 6.77. The fraction of sp³-hybridized carbons (Fsp3) is 0.500. The molecule has 0 spiro atoms. The first-order valence-electron chi connectivity index (χ1n) is 8.39. The van der Waals surface area contributed by atoms with Gasteiger partial charge in [-0.05, 0) is 0 Å². The molecule has 0 heterocycles. The lowest BCUT2D eigenvalue weighted by molar-refractivity contribution is -0.515. The van der Waals surface area contributed by atoms with Crippen LogP contribution in [0.5, 0.6) is 17.2 Å². The van der Waals surface area contributed by atoms with Gasteiger partial charge in [0.1, 0.15) is 17.2 Å². The highest BCUT2D eigenvalue weighted by Crippen LogP contribution is 2.45. The summed E-state index contributed by atoms with van der Waals surface area (Å²) < 4.78 is 29.6. The maximum absolute atomic E-state index is 12.5. The summed E-state index contributed by atoms with van der Waals surface area (Å²) in [6.07, 6.45) is 0. The Kier molecular flexibility index (Phi) is 8.84. The molecule has 0 aliphatic rings. The van der Waals surface area contributed by atoms with Crippen LogP contribution in [0.25, 0.3) is 0 Å². The van der Waals surface area contributed by atoms with Gasteiger partial charge in [0.15, 0.2) is 5.92 Å². The van der Waals surface area contributed by atoms with Crippen LogP contribution in [-0.4, -0.2) is 71.5 Å². The maximum atomic E-state index is 12.5. The third kappa shape index (κ3) is 4.88. The number of methoxy groups -OCH3 is 6. The number of nitrogens with zero attached hydrogens (tertiary/aromatic N) is 1. The van der Waals surface area contributed by atoms with E-state index in [9.17, 15) is 24.5 Å². The van der Waals surface area contributed by atoms with Gasteiger partial charge in [-0.2, -0.15) is 0 Å². The molecular formula is C18H23NO11. The molecule has 30 heavy (non-hydrogen) atoms. The first-order valence-corrected chi connectivity index (χ1v) is 8.39. The molecule has 2 atom stereocenters. The average Bonchev–Trinajstić information content (AvgIpc) is 2.76. The van der Waals surface area contributed by atoms with Gasteiger partial charge in [-0.15, -0.1) is 0 Å². The highest BCUT2D eigenvalue weighted by molar-refractivity contribution is 5.97. The van der Waals surface area contributed by atoms with Gasteiger partial charge < -0.3 is 28.4 Å². The molecule has 12 nitrogen and oxygen atoms in total. The second kappa shape index (κ2) is 10.8. The standard InChI is InChI=1S/C18H23NO11/c1-25-9-7-10(26-2)12(11(8-9)27-3)13(15(19(23)24)18(22)30-6)14(16(20)28-4)17(21)29-5/h7-8,13-15H,1-6H3. The molecule has 0 bridgehead atoms. The van der Waals surface area contributed by atoms with Crippen molar-refractivity contribution in [2.75, 3.05) is 42.7 Å². The third-order valence-corrected chi connectivity index (χ3v) is 4.37. The zero-order valence-corrected chi connectivity index (χ0v) is 17.3. The molecule has 0 fully saturated rings. The van der Waals surface area contributed by atoms with Gasteiger partial charge in [0.25, 0.3) is 0 Å². The van der Waals surface area contributed by atoms with Crippen molar-refractivity contribution < 1.29 is 47.7 Å². The van der Waals surface area contributed by atoms with Crippen LogP contribution in [0.1, 0.15) is 11.5 Å². The highest BCUT2D eigenvalue weighted by Gasteiger charge is 2.54. The van der Waals surface area contributed by atoms with E-state index in [1.807, 2.05) is 0 Å². The molecule has 0 aliphatic carbocycles. The SMILES string of the molecule is COC(=O)C(C(=O)OC)C(c1c(OC)cc(OC)cc1OC)C(C(=O)OC)[N+](=O)[O-]. The lowest BCUT2D eigenvalue weighted by Crippen LogP contribution is -2.45. The number of carbonyl (C=O) groups excluding carboxylic acids is 3. The molecule has 166 valence electrons. The van der Waals surface area contributed by atoms with Crippen LogP contribution in [0.3, 0.4) is 0 Å². The van der Waals surface area contributed by atoms with Crippen LogP contribution in [0.15, 0.2) is 12.1 Å². The molecule has 1 aromatic carbocycles. The van der Waals surface area contributed by atoms with Gasteiger partial charge in [0.05, 0.1) is 48.6 Å². The van der Waals surface area contributed by atoms with E-state index in [1.165, 1.54) is 33.5 Å². The van der Waals surface area contributed by atoms with E-state index in [-0.39, 0.29) is 22.8 Å². The number of rotatable bonds is 10. The molecule has 0 N–H and O–H groups in total. The molecule has 1 aromatic rings. The number of benzene rings is 1. The van der Waals surface area contributed by atoms with Gasteiger partial charge in [-0.25, -0.2) is 4.79 Å². The van der Waals surface area contributed by atoms with Gasteiger partial charge in [-0.3, -0.25) is 19.7 Å². The molecule has 0 saturated carbocycles. The first-order chi connectivity index (χ1) is 14.2. The van der Waals surface area contributed by atoms with Crippen molar-refractivity contribution in [1.82, 2.24) is 0 Å². The van der Waals surface area contributed by atoms with Gasteiger partial charge in [0, 0.05) is 22.6 Å². The fourth-order valence-electron chi connectivity index (χ4n) is 3.00. The number of esters is 3. The van der Waals surface area contributed by atoms with Crippen molar-refractivity contribution in [2.45, 2.75) is 12.0 Å². The molecule has 0 saturated heterocycles. The predicted octanol–water partition coefficient (Wildman–Crippen LogP) is 0.577. The highest BCUT2D eigenvalue weighted by atomic mass is 16.6. The van der Waals surface area contributed by atoms with Crippen LogP contribution in [0, 0.1) is 16.0 Å². The minimum absolute atomic E-state index is 0.0373. The lowest BCUT2D eigenvalue weighted by Gasteiger charge is -2.27. The molecular weight excluding hydrogens is 406 g/mol. The van der Waals surface area contributed by atoms with E-state index in [2.05, 4.69) is 14.2 Å². The van der Waals surface area contributed by atoms with E-state index < -0.39 is 40.7 Å². The quantitative estimate of drug-likeness (QED) is 0.169. The molecule has 0 aliphatic heterocycles. The van der Waals surface area contributed by atoms with Crippen LogP contribution in [0.4, 0.5) is 0 Å². The number of nitro groups is 1. The van der Waals surface area contributed by atoms with Gasteiger partial charge >= 0.3 is 23.9 Å². The normalized spacial score (nSPS) is 12.4. The zero-order chi connectivity index (χ0) is 23.0. The third-order valence-electron chi connectivity index (χ3n) is 4.37. The van der Waals surface area contributed by atoms with Crippen LogP contribution < -0.4 is 14.2 Å². The van der Waals surface area contributed by atoms with Crippen molar-refractivity contribution in [3.05, 3.63) is 27.8 Å². The van der Waals surface area contributed by atoms with E-state index in [1.54, 1.807) is 0 Å². The second-order valence-corrected chi connectivity index (χ2v) is 5.75. The van der Waals surface area contributed by atoms with Gasteiger partial charge in [0.2, 0.25) is 0 Å². The summed E-state index contributed by atoms with van der Waals surface area (Å²) in [6, 6.07) is 0.504. The Labute approximate surface area is 172 Å². The Morgan fingerprint density at radius 1 is 0.800 bits per heavy atom. The molecule has 0 radical (unpaired) electrons. The Bertz CT molecular complexity index is 766. The number of carbonyl (C=O) groups is 3. The Morgan fingerprint density at radius 3 is 1.53 bits per heavy atom. The smallest absolute Gasteiger partial charge is 0.382 e. The van der Waals surface area contributed by atoms with Crippen LogP contribution >= 0.6 is 0 Å². The zero-order valence-electron chi connectivity index (χ0n) is 17.3. The average molecular weight is 429 g/mol. The van der Waals surface area contributed by atoms with Crippen molar-refractivity contribution >= 4 is 17.9 Å². The second-order valence-electron chi connectivity index (χ2n) is 5.75. The lowest BCUT2D eigenvalue weighted by atomic mass is 9.79. The summed E-state index contributed by atoms with van der Waals surface area (Å²) in [5.41, 5.74) is -0.117. The maximum Gasteiger partial charge on any atom is 0.382 e. The van der Waals surface area contributed by atoms with E-state index in [0.29, 0.717) is 0 Å². The van der Waals surface area contributed by atoms with E-state index in [4.69, 9.17) is 14.2 Å². The summed E-state index contributed by atoms with van der Waals surface area (Å²) in [5.74, 6) is -7.12. The fourth-order valence-corrected chi connectivity index (χ4v) is 3.00. The molecule has 1 rings (SSSR count). The molecule has 2 unspecified atom stereocenters. The Hall–Kier alpha value is -3.57.